The van der Waals surface area contributed by atoms with Gasteiger partial charge in [-0.2, -0.15) is 0 Å². The molecule has 0 aromatic carbocycles. The van der Waals surface area contributed by atoms with Gasteiger partial charge < -0.3 is 8.85 Å². The molecule has 0 saturated carbocycles. The van der Waals surface area contributed by atoms with Gasteiger partial charge in [0.05, 0.1) is 0 Å². The first-order valence-corrected chi connectivity index (χ1v) is 5.34. The minimum absolute atomic E-state index is 0.978. The first-order valence-electron chi connectivity index (χ1n) is 2.46. The lowest BCUT2D eigenvalue weighted by atomic mass is 11.0. The van der Waals surface area contributed by atoms with E-state index in [1.54, 1.807) is 14.2 Å². The molecule has 4 heteroatoms. The van der Waals surface area contributed by atoms with Gasteiger partial charge >= 0.3 is 9.28 Å². The first kappa shape index (κ1) is 8.62. The minimum atomic E-state index is -1.24. The monoisotopic (exact) mass is 198 g/mol. The van der Waals surface area contributed by atoms with Gasteiger partial charge in [0.2, 0.25) is 0 Å². The zero-order valence-corrected chi connectivity index (χ0v) is 7.93. The average molecular weight is 199 g/mol. The Hall–Kier alpha value is 0.617. The van der Waals surface area contributed by atoms with E-state index < -0.39 is 9.28 Å². The highest BCUT2D eigenvalue weighted by Gasteiger charge is 2.05. The topological polar surface area (TPSA) is 18.5 Å². The number of halogens is 1. The lowest BCUT2D eigenvalue weighted by Gasteiger charge is -2.06. The van der Waals surface area contributed by atoms with Gasteiger partial charge in [-0.1, -0.05) is 15.9 Å². The van der Waals surface area contributed by atoms with Crippen LogP contribution < -0.4 is 0 Å². The largest absolute Gasteiger partial charge is 0.400 e. The molecule has 0 aliphatic carbocycles. The lowest BCUT2D eigenvalue weighted by molar-refractivity contribution is 0.279. The van der Waals surface area contributed by atoms with Gasteiger partial charge in [-0.25, -0.2) is 0 Å². The zero-order chi connectivity index (χ0) is 6.41. The molecule has 2 nitrogen and oxygen atoms in total. The summed E-state index contributed by atoms with van der Waals surface area (Å²) >= 11 is 3.31. The van der Waals surface area contributed by atoms with Crippen LogP contribution in [0.1, 0.15) is 0 Å². The number of alkyl halides is 1. The molecular formula is C4H11BrO2Si. The number of hydrogen-bond acceptors (Lipinski definition) is 2. The Bertz CT molecular complexity index is 49.3. The van der Waals surface area contributed by atoms with Gasteiger partial charge in [-0.15, -0.1) is 0 Å². The standard InChI is InChI=1S/C4H11BrO2Si/c1-6-8(7-2)4-3-5/h8H,3-4H2,1-2H3. The van der Waals surface area contributed by atoms with Crippen molar-refractivity contribution in [2.45, 2.75) is 6.04 Å². The molecule has 0 aliphatic rings. The van der Waals surface area contributed by atoms with Crippen LogP contribution in [0, 0.1) is 0 Å². The van der Waals surface area contributed by atoms with Crippen molar-refractivity contribution in [3.63, 3.8) is 0 Å². The number of hydrogen-bond donors (Lipinski definition) is 0. The molecule has 50 valence electrons. The van der Waals surface area contributed by atoms with Crippen molar-refractivity contribution in [2.24, 2.45) is 0 Å². The Kier molecular flexibility index (Phi) is 6.19. The van der Waals surface area contributed by atoms with Crippen LogP contribution in [0.25, 0.3) is 0 Å². The summed E-state index contributed by atoms with van der Waals surface area (Å²) in [5.41, 5.74) is 0. The van der Waals surface area contributed by atoms with E-state index >= 15 is 0 Å². The van der Waals surface area contributed by atoms with E-state index in [4.69, 9.17) is 8.85 Å². The molecule has 0 fully saturated rings. The molecule has 0 spiro atoms. The van der Waals surface area contributed by atoms with Crippen LogP contribution in [-0.4, -0.2) is 28.8 Å². The summed E-state index contributed by atoms with van der Waals surface area (Å²) in [6.45, 7) is 0. The van der Waals surface area contributed by atoms with E-state index in [2.05, 4.69) is 15.9 Å². The Morgan fingerprint density at radius 1 is 1.38 bits per heavy atom. The van der Waals surface area contributed by atoms with Crippen LogP contribution in [0.5, 0.6) is 0 Å². The fraction of sp³-hybridized carbons (Fsp3) is 1.00. The first-order chi connectivity index (χ1) is 3.85. The Balaban J connectivity index is 3.07. The van der Waals surface area contributed by atoms with Crippen molar-refractivity contribution in [2.75, 3.05) is 19.5 Å². The second kappa shape index (κ2) is 5.75. The summed E-state index contributed by atoms with van der Waals surface area (Å²) in [7, 11) is 2.16. The Morgan fingerprint density at radius 3 is 2.00 bits per heavy atom. The van der Waals surface area contributed by atoms with Crippen molar-refractivity contribution in [1.29, 1.82) is 0 Å². The van der Waals surface area contributed by atoms with Gasteiger partial charge in [0.25, 0.3) is 0 Å². The summed E-state index contributed by atoms with van der Waals surface area (Å²) in [6.07, 6.45) is 0. The van der Waals surface area contributed by atoms with Crippen molar-refractivity contribution in [3.05, 3.63) is 0 Å². The summed E-state index contributed by atoms with van der Waals surface area (Å²) in [6, 6.07) is 1.03. The predicted molar refractivity (Wildman–Crippen MR) is 39.8 cm³/mol. The molecule has 0 aromatic rings. The second-order valence-electron chi connectivity index (χ2n) is 1.38. The van der Waals surface area contributed by atoms with E-state index in [9.17, 15) is 0 Å². The van der Waals surface area contributed by atoms with Crippen LogP contribution in [0.2, 0.25) is 6.04 Å². The van der Waals surface area contributed by atoms with Crippen LogP contribution in [-0.2, 0) is 8.85 Å². The summed E-state index contributed by atoms with van der Waals surface area (Å²) in [5.74, 6) is 0. The third kappa shape index (κ3) is 3.60. The molecule has 0 heterocycles. The van der Waals surface area contributed by atoms with E-state index in [0.29, 0.717) is 0 Å². The lowest BCUT2D eigenvalue weighted by Crippen LogP contribution is -2.18. The molecule has 0 aliphatic heterocycles. The molecule has 0 unspecified atom stereocenters. The van der Waals surface area contributed by atoms with Crippen LogP contribution >= 0.6 is 15.9 Å². The molecule has 0 atom stereocenters. The van der Waals surface area contributed by atoms with Gasteiger partial charge in [0.1, 0.15) is 0 Å². The highest BCUT2D eigenvalue weighted by molar-refractivity contribution is 9.09. The van der Waals surface area contributed by atoms with E-state index in [-0.39, 0.29) is 0 Å². The van der Waals surface area contributed by atoms with Gasteiger partial charge in [-0.05, 0) is 6.04 Å². The van der Waals surface area contributed by atoms with E-state index in [1.807, 2.05) is 0 Å². The second-order valence-corrected chi connectivity index (χ2v) is 4.55. The fourth-order valence-electron chi connectivity index (χ4n) is 0.421. The molecule has 0 aromatic heterocycles. The normalized spacial score (nSPS) is 10.5. The van der Waals surface area contributed by atoms with Crippen LogP contribution in [0.4, 0.5) is 0 Å². The molecule has 0 radical (unpaired) electrons. The SMILES string of the molecule is CO[SiH](CCBr)OC. The molecular weight excluding hydrogens is 188 g/mol. The van der Waals surface area contributed by atoms with Gasteiger partial charge in [-0.3, -0.25) is 0 Å². The van der Waals surface area contributed by atoms with Crippen molar-refractivity contribution >= 4 is 25.2 Å². The highest BCUT2D eigenvalue weighted by atomic mass is 79.9. The maximum atomic E-state index is 5.03. The molecule has 0 amide bonds. The zero-order valence-electron chi connectivity index (χ0n) is 5.19. The smallest absolute Gasteiger partial charge is 0.321 e. The average Bonchev–Trinajstić information content (AvgIpc) is 1.83. The Labute approximate surface area is 60.2 Å². The Morgan fingerprint density at radius 2 is 1.88 bits per heavy atom. The quantitative estimate of drug-likeness (QED) is 0.494. The summed E-state index contributed by atoms with van der Waals surface area (Å²) < 4.78 is 10.1. The van der Waals surface area contributed by atoms with Gasteiger partial charge in [0.15, 0.2) is 0 Å². The summed E-state index contributed by atoms with van der Waals surface area (Å²) in [4.78, 5) is 0. The minimum Gasteiger partial charge on any atom is -0.400 e. The van der Waals surface area contributed by atoms with Crippen molar-refractivity contribution in [1.82, 2.24) is 0 Å². The fourth-order valence-corrected chi connectivity index (χ4v) is 2.38. The summed E-state index contributed by atoms with van der Waals surface area (Å²) in [5, 5.41) is 0.978. The molecule has 0 bridgehead atoms. The highest BCUT2D eigenvalue weighted by Crippen LogP contribution is 1.96. The molecule has 0 saturated heterocycles. The molecule has 0 N–H and O–H groups in total. The van der Waals surface area contributed by atoms with E-state index in [1.165, 1.54) is 0 Å². The van der Waals surface area contributed by atoms with Crippen molar-refractivity contribution < 1.29 is 8.85 Å². The van der Waals surface area contributed by atoms with Crippen LogP contribution in [0.3, 0.4) is 0 Å². The van der Waals surface area contributed by atoms with E-state index in [0.717, 1.165) is 11.4 Å². The maximum Gasteiger partial charge on any atom is 0.321 e. The number of rotatable bonds is 4. The molecule has 0 rings (SSSR count). The maximum absolute atomic E-state index is 5.03. The van der Waals surface area contributed by atoms with Crippen molar-refractivity contribution in [3.8, 4) is 0 Å². The predicted octanol–water partition coefficient (Wildman–Crippen LogP) is 0.895. The molecule has 8 heavy (non-hydrogen) atoms. The third-order valence-corrected chi connectivity index (χ3v) is 3.99. The van der Waals surface area contributed by atoms with Gasteiger partial charge in [0, 0.05) is 19.5 Å². The van der Waals surface area contributed by atoms with Crippen LogP contribution in [0.15, 0.2) is 0 Å². The third-order valence-electron chi connectivity index (χ3n) is 0.871.